The van der Waals surface area contributed by atoms with Gasteiger partial charge in [-0.2, -0.15) is 0 Å². The van der Waals surface area contributed by atoms with Gasteiger partial charge in [0.15, 0.2) is 0 Å². The van der Waals surface area contributed by atoms with Crippen molar-refractivity contribution in [3.8, 4) is 0 Å². The van der Waals surface area contributed by atoms with Crippen LogP contribution in [0.4, 0.5) is 0 Å². The van der Waals surface area contributed by atoms with Crippen LogP contribution in [0.3, 0.4) is 0 Å². The molecule has 0 saturated carbocycles. The van der Waals surface area contributed by atoms with E-state index in [0.29, 0.717) is 0 Å². The van der Waals surface area contributed by atoms with E-state index in [1.807, 2.05) is 12.4 Å². The lowest BCUT2D eigenvalue weighted by molar-refractivity contribution is 0.118. The predicted octanol–water partition coefficient (Wildman–Crippen LogP) is 2.84. The highest BCUT2D eigenvalue weighted by Crippen LogP contribution is 2.23. The maximum atomic E-state index is 4.44. The molecule has 0 amide bonds. The maximum absolute atomic E-state index is 4.44. The van der Waals surface area contributed by atoms with Gasteiger partial charge in [-0.05, 0) is 37.1 Å². The number of nitrogens with one attached hydrogen (secondary N) is 1. The third-order valence-corrected chi connectivity index (χ3v) is 5.54. The molecule has 1 aliphatic heterocycles. The van der Waals surface area contributed by atoms with Gasteiger partial charge in [0.25, 0.3) is 0 Å². The molecular weight excluding hydrogens is 310 g/mol. The highest BCUT2D eigenvalue weighted by atomic mass is 15.3. The first-order valence-corrected chi connectivity index (χ1v) is 9.09. The monoisotopic (exact) mass is 337 g/mol. The molecule has 0 aliphatic carbocycles. The normalized spacial score (nSPS) is 16.8. The molecule has 2 aromatic heterocycles. The lowest BCUT2D eigenvalue weighted by Crippen LogP contribution is -2.45. The summed E-state index contributed by atoms with van der Waals surface area (Å²) >= 11 is 0. The Morgan fingerprint density at radius 1 is 1.04 bits per heavy atom. The summed E-state index contributed by atoms with van der Waals surface area (Å²) in [5.41, 5.74) is 5.33. The summed E-state index contributed by atoms with van der Waals surface area (Å²) in [7, 11) is 2.07. The standard InChI is InChI=1S/C20H27N5/c1-15-4-5-19-18(16(15)2)12-17(22-19)13-24-8-10-25(11-9-24)14-20-21-6-7-23(20)3/h4-7,12,22H,8-11,13-14H2,1-3H3. The number of hydrogen-bond acceptors (Lipinski definition) is 3. The molecule has 1 N–H and O–H groups in total. The van der Waals surface area contributed by atoms with Gasteiger partial charge >= 0.3 is 0 Å². The Morgan fingerprint density at radius 2 is 1.76 bits per heavy atom. The highest BCUT2D eigenvalue weighted by molar-refractivity contribution is 5.84. The first kappa shape index (κ1) is 16.4. The Morgan fingerprint density at radius 3 is 2.44 bits per heavy atom. The van der Waals surface area contributed by atoms with Crippen molar-refractivity contribution in [2.24, 2.45) is 7.05 Å². The van der Waals surface area contributed by atoms with Gasteiger partial charge in [-0.3, -0.25) is 9.80 Å². The van der Waals surface area contributed by atoms with Crippen LogP contribution in [-0.4, -0.2) is 50.5 Å². The summed E-state index contributed by atoms with van der Waals surface area (Å²) in [4.78, 5) is 13.1. The van der Waals surface area contributed by atoms with E-state index >= 15 is 0 Å². The largest absolute Gasteiger partial charge is 0.357 e. The van der Waals surface area contributed by atoms with E-state index in [2.05, 4.69) is 63.4 Å². The van der Waals surface area contributed by atoms with Crippen molar-refractivity contribution >= 4 is 10.9 Å². The van der Waals surface area contributed by atoms with E-state index in [1.165, 1.54) is 27.7 Å². The summed E-state index contributed by atoms with van der Waals surface area (Å²) in [5, 5.41) is 1.36. The molecular formula is C20H27N5. The number of hydrogen-bond donors (Lipinski definition) is 1. The Hall–Kier alpha value is -2.11. The number of fused-ring (bicyclic) bond motifs is 1. The van der Waals surface area contributed by atoms with Crippen molar-refractivity contribution in [3.05, 3.63) is 53.2 Å². The number of aromatic amines is 1. The van der Waals surface area contributed by atoms with Gasteiger partial charge in [0.2, 0.25) is 0 Å². The van der Waals surface area contributed by atoms with Crippen molar-refractivity contribution in [2.45, 2.75) is 26.9 Å². The second-order valence-electron chi connectivity index (χ2n) is 7.27. The number of rotatable bonds is 4. The molecule has 132 valence electrons. The van der Waals surface area contributed by atoms with Gasteiger partial charge in [-0.15, -0.1) is 0 Å². The Bertz CT molecular complexity index is 867. The van der Waals surface area contributed by atoms with E-state index in [1.54, 1.807) is 0 Å². The molecule has 3 heterocycles. The van der Waals surface area contributed by atoms with Crippen LogP contribution in [0.2, 0.25) is 0 Å². The molecule has 0 atom stereocenters. The summed E-state index contributed by atoms with van der Waals surface area (Å²) in [6.45, 7) is 10.8. The molecule has 0 unspecified atom stereocenters. The lowest BCUT2D eigenvalue weighted by Gasteiger charge is -2.34. The summed E-state index contributed by atoms with van der Waals surface area (Å²) < 4.78 is 2.11. The third kappa shape index (κ3) is 3.34. The Balaban J connectivity index is 1.37. The van der Waals surface area contributed by atoms with Crippen molar-refractivity contribution in [3.63, 3.8) is 0 Å². The van der Waals surface area contributed by atoms with E-state index in [4.69, 9.17) is 0 Å². The fourth-order valence-corrected chi connectivity index (χ4v) is 3.70. The second-order valence-corrected chi connectivity index (χ2v) is 7.27. The fraction of sp³-hybridized carbons (Fsp3) is 0.450. The van der Waals surface area contributed by atoms with Crippen molar-refractivity contribution < 1.29 is 0 Å². The second kappa shape index (κ2) is 6.65. The molecule has 1 saturated heterocycles. The van der Waals surface area contributed by atoms with Crippen LogP contribution in [0.15, 0.2) is 30.6 Å². The summed E-state index contributed by atoms with van der Waals surface area (Å²) in [6, 6.07) is 6.73. The quantitative estimate of drug-likeness (QED) is 0.796. The number of imidazole rings is 1. The van der Waals surface area contributed by atoms with Gasteiger partial charge in [-0.25, -0.2) is 4.98 Å². The van der Waals surface area contributed by atoms with Crippen LogP contribution in [0.5, 0.6) is 0 Å². The minimum absolute atomic E-state index is 0.947. The van der Waals surface area contributed by atoms with Gasteiger partial charge < -0.3 is 9.55 Å². The summed E-state index contributed by atoms with van der Waals surface area (Å²) in [5.74, 6) is 1.15. The molecule has 1 fully saturated rings. The van der Waals surface area contributed by atoms with Crippen LogP contribution >= 0.6 is 0 Å². The van der Waals surface area contributed by atoms with Gasteiger partial charge in [0, 0.05) is 68.8 Å². The third-order valence-electron chi connectivity index (χ3n) is 5.54. The molecule has 1 aromatic carbocycles. The van der Waals surface area contributed by atoms with Crippen molar-refractivity contribution in [1.82, 2.24) is 24.3 Å². The van der Waals surface area contributed by atoms with E-state index in [9.17, 15) is 0 Å². The molecule has 4 rings (SSSR count). The van der Waals surface area contributed by atoms with E-state index in [0.717, 1.165) is 45.1 Å². The Labute approximate surface area is 149 Å². The average Bonchev–Trinajstić information content (AvgIpc) is 3.20. The summed E-state index contributed by atoms with van der Waals surface area (Å²) in [6.07, 6.45) is 3.90. The highest BCUT2D eigenvalue weighted by Gasteiger charge is 2.19. The number of benzene rings is 1. The smallest absolute Gasteiger partial charge is 0.122 e. The van der Waals surface area contributed by atoms with E-state index in [-0.39, 0.29) is 0 Å². The molecule has 5 heteroatoms. The van der Waals surface area contributed by atoms with Crippen LogP contribution in [0, 0.1) is 13.8 Å². The van der Waals surface area contributed by atoms with Crippen LogP contribution in [0.25, 0.3) is 10.9 Å². The number of H-pyrrole nitrogens is 1. The lowest BCUT2D eigenvalue weighted by atomic mass is 10.1. The van der Waals surface area contributed by atoms with Crippen LogP contribution in [-0.2, 0) is 20.1 Å². The first-order chi connectivity index (χ1) is 12.1. The van der Waals surface area contributed by atoms with Crippen LogP contribution in [0.1, 0.15) is 22.6 Å². The Kier molecular flexibility index (Phi) is 4.36. The topological polar surface area (TPSA) is 40.1 Å². The minimum Gasteiger partial charge on any atom is -0.357 e. The number of piperazine rings is 1. The minimum atomic E-state index is 0.947. The zero-order valence-electron chi connectivity index (χ0n) is 15.4. The molecule has 0 spiro atoms. The van der Waals surface area contributed by atoms with Crippen LogP contribution < -0.4 is 0 Å². The number of nitrogens with zero attached hydrogens (tertiary/aromatic N) is 4. The van der Waals surface area contributed by atoms with Gasteiger partial charge in [0.05, 0.1) is 6.54 Å². The zero-order chi connectivity index (χ0) is 17.4. The van der Waals surface area contributed by atoms with Gasteiger partial charge in [0.1, 0.15) is 5.82 Å². The molecule has 0 radical (unpaired) electrons. The fourth-order valence-electron chi connectivity index (χ4n) is 3.70. The first-order valence-electron chi connectivity index (χ1n) is 9.09. The number of aromatic nitrogens is 3. The molecule has 1 aliphatic rings. The van der Waals surface area contributed by atoms with Crippen molar-refractivity contribution in [2.75, 3.05) is 26.2 Å². The molecule has 25 heavy (non-hydrogen) atoms. The van der Waals surface area contributed by atoms with Crippen molar-refractivity contribution in [1.29, 1.82) is 0 Å². The average molecular weight is 337 g/mol. The maximum Gasteiger partial charge on any atom is 0.122 e. The molecule has 0 bridgehead atoms. The molecule has 3 aromatic rings. The number of aryl methyl sites for hydroxylation is 3. The SMILES string of the molecule is Cc1ccc2[nH]c(CN3CCN(Cc4nccn4C)CC3)cc2c1C. The zero-order valence-corrected chi connectivity index (χ0v) is 15.4. The molecule has 5 nitrogen and oxygen atoms in total. The van der Waals surface area contributed by atoms with E-state index < -0.39 is 0 Å². The predicted molar refractivity (Wildman–Crippen MR) is 102 cm³/mol. The van der Waals surface area contributed by atoms with Gasteiger partial charge in [-0.1, -0.05) is 6.07 Å².